The molecule has 0 aromatic carbocycles. The van der Waals surface area contributed by atoms with Gasteiger partial charge in [-0.3, -0.25) is 5.10 Å². The maximum Gasteiger partial charge on any atom is 0.226 e. The molecule has 0 spiro atoms. The van der Waals surface area contributed by atoms with Crippen LogP contribution in [-0.4, -0.2) is 42.0 Å². The maximum absolute atomic E-state index is 4.40. The topological polar surface area (TPSA) is 109 Å². The number of rotatable bonds is 5. The summed E-state index contributed by atoms with van der Waals surface area (Å²) in [5, 5.41) is 21.8. The number of aromatic nitrogens is 7. The highest BCUT2D eigenvalue weighted by molar-refractivity contribution is 5.86. The first-order chi connectivity index (χ1) is 9.81. The number of aryl methyl sites for hydroxylation is 1. The molecule has 3 heterocycles. The van der Waals surface area contributed by atoms with Crippen LogP contribution in [0.4, 0.5) is 11.8 Å². The summed E-state index contributed by atoms with van der Waals surface area (Å²) in [5.41, 5.74) is 0.684. The van der Waals surface area contributed by atoms with Crippen LogP contribution in [0, 0.1) is 0 Å². The van der Waals surface area contributed by atoms with E-state index in [1.807, 2.05) is 11.5 Å². The van der Waals surface area contributed by atoms with Gasteiger partial charge in [0.15, 0.2) is 11.5 Å². The zero-order valence-electron chi connectivity index (χ0n) is 11.3. The molecule has 0 saturated heterocycles. The summed E-state index contributed by atoms with van der Waals surface area (Å²) >= 11 is 0. The van der Waals surface area contributed by atoms with Gasteiger partial charge in [0.25, 0.3) is 0 Å². The fourth-order valence-electron chi connectivity index (χ4n) is 1.92. The summed E-state index contributed by atoms with van der Waals surface area (Å²) in [6.45, 7) is 3.41. The molecule has 0 bridgehead atoms. The minimum Gasteiger partial charge on any atom is -0.362 e. The number of hydrogen-bond acceptors (Lipinski definition) is 7. The number of fused-ring (bicyclic) bond motifs is 1. The zero-order chi connectivity index (χ0) is 13.9. The molecule has 0 amide bonds. The number of hydrogen-bond donors (Lipinski definition) is 3. The number of H-pyrrole nitrogens is 1. The first-order valence-electron chi connectivity index (χ1n) is 6.31. The van der Waals surface area contributed by atoms with Gasteiger partial charge in [-0.1, -0.05) is 0 Å². The monoisotopic (exact) mass is 273 g/mol. The van der Waals surface area contributed by atoms with E-state index in [1.165, 1.54) is 0 Å². The average Bonchev–Trinajstić information content (AvgIpc) is 3.12. The van der Waals surface area contributed by atoms with Crippen LogP contribution in [0.15, 0.2) is 12.5 Å². The molecule has 0 atom stereocenters. The number of nitrogens with one attached hydrogen (secondary N) is 3. The third-order valence-electron chi connectivity index (χ3n) is 2.98. The van der Waals surface area contributed by atoms with E-state index < -0.39 is 0 Å². The first kappa shape index (κ1) is 12.3. The van der Waals surface area contributed by atoms with E-state index in [1.54, 1.807) is 19.6 Å². The molecule has 0 aliphatic carbocycles. The van der Waals surface area contributed by atoms with Crippen molar-refractivity contribution in [1.29, 1.82) is 0 Å². The van der Waals surface area contributed by atoms with Gasteiger partial charge in [-0.15, -0.1) is 10.2 Å². The van der Waals surface area contributed by atoms with Gasteiger partial charge in [0.2, 0.25) is 5.95 Å². The van der Waals surface area contributed by atoms with Crippen molar-refractivity contribution in [1.82, 2.24) is 34.9 Å². The summed E-state index contributed by atoms with van der Waals surface area (Å²) in [6, 6.07) is 0. The third-order valence-corrected chi connectivity index (χ3v) is 2.98. The molecule has 0 saturated carbocycles. The van der Waals surface area contributed by atoms with Gasteiger partial charge in [-0.2, -0.15) is 15.1 Å². The van der Waals surface area contributed by atoms with Crippen molar-refractivity contribution < 1.29 is 0 Å². The molecule has 3 rings (SSSR count). The summed E-state index contributed by atoms with van der Waals surface area (Å²) in [6.07, 6.45) is 3.41. The van der Waals surface area contributed by atoms with E-state index in [2.05, 4.69) is 41.0 Å². The lowest BCUT2D eigenvalue weighted by Crippen LogP contribution is -2.09. The van der Waals surface area contributed by atoms with Crippen LogP contribution in [0.3, 0.4) is 0 Å². The second-order valence-corrected chi connectivity index (χ2v) is 4.16. The largest absolute Gasteiger partial charge is 0.362 e. The Hall–Kier alpha value is -2.71. The van der Waals surface area contributed by atoms with E-state index in [0.29, 0.717) is 24.0 Å². The van der Waals surface area contributed by atoms with Gasteiger partial charge in [0.05, 0.1) is 18.1 Å². The minimum atomic E-state index is 0.529. The molecule has 3 N–H and O–H groups in total. The van der Waals surface area contributed by atoms with Crippen molar-refractivity contribution in [3.63, 3.8) is 0 Å². The van der Waals surface area contributed by atoms with Crippen LogP contribution in [0.25, 0.3) is 11.0 Å². The van der Waals surface area contributed by atoms with Crippen LogP contribution in [0.5, 0.6) is 0 Å². The lowest BCUT2D eigenvalue weighted by Gasteiger charge is -2.08. The molecule has 3 aromatic rings. The SMILES string of the molecule is CCn1cnnc1CNc1nc(NC)nc2[nH]ncc12. The lowest BCUT2D eigenvalue weighted by atomic mass is 10.4. The van der Waals surface area contributed by atoms with E-state index in [4.69, 9.17) is 0 Å². The van der Waals surface area contributed by atoms with Crippen molar-refractivity contribution >= 4 is 22.8 Å². The molecule has 0 unspecified atom stereocenters. The Morgan fingerprint density at radius 1 is 1.35 bits per heavy atom. The highest BCUT2D eigenvalue weighted by atomic mass is 15.3. The second-order valence-electron chi connectivity index (χ2n) is 4.16. The molecule has 0 fully saturated rings. The van der Waals surface area contributed by atoms with E-state index in [9.17, 15) is 0 Å². The average molecular weight is 273 g/mol. The molecule has 0 aliphatic heterocycles. The minimum absolute atomic E-state index is 0.529. The van der Waals surface area contributed by atoms with Crippen LogP contribution >= 0.6 is 0 Å². The van der Waals surface area contributed by atoms with Crippen molar-refractivity contribution in [2.45, 2.75) is 20.0 Å². The van der Waals surface area contributed by atoms with Crippen molar-refractivity contribution in [3.8, 4) is 0 Å². The van der Waals surface area contributed by atoms with Crippen LogP contribution in [0.1, 0.15) is 12.7 Å². The Morgan fingerprint density at radius 2 is 2.25 bits per heavy atom. The number of aromatic amines is 1. The van der Waals surface area contributed by atoms with E-state index >= 15 is 0 Å². The van der Waals surface area contributed by atoms with E-state index in [0.717, 1.165) is 17.8 Å². The summed E-state index contributed by atoms with van der Waals surface area (Å²) in [4.78, 5) is 8.68. The zero-order valence-corrected chi connectivity index (χ0v) is 11.3. The smallest absolute Gasteiger partial charge is 0.226 e. The first-order valence-corrected chi connectivity index (χ1v) is 6.31. The van der Waals surface area contributed by atoms with Crippen LogP contribution < -0.4 is 10.6 Å². The van der Waals surface area contributed by atoms with Crippen LogP contribution in [0.2, 0.25) is 0 Å². The molecule has 104 valence electrons. The predicted molar refractivity (Wildman–Crippen MR) is 74.3 cm³/mol. The normalized spacial score (nSPS) is 10.9. The molecule has 0 aliphatic rings. The lowest BCUT2D eigenvalue weighted by molar-refractivity contribution is 0.707. The molecular weight excluding hydrogens is 258 g/mol. The Morgan fingerprint density at radius 3 is 3.05 bits per heavy atom. The molecule has 20 heavy (non-hydrogen) atoms. The van der Waals surface area contributed by atoms with Gasteiger partial charge >= 0.3 is 0 Å². The Bertz CT molecular complexity index is 714. The van der Waals surface area contributed by atoms with Crippen LogP contribution in [-0.2, 0) is 13.1 Å². The molecule has 9 nitrogen and oxygen atoms in total. The Labute approximate surface area is 114 Å². The van der Waals surface area contributed by atoms with Crippen molar-refractivity contribution in [2.24, 2.45) is 0 Å². The standard InChI is InChI=1S/C11H15N9/c1-3-20-6-15-18-8(20)5-13-9-7-4-14-19-10(7)17-11(12-2)16-9/h4,6H,3,5H2,1-2H3,(H3,12,13,14,16,17,19). The van der Waals surface area contributed by atoms with E-state index in [-0.39, 0.29) is 0 Å². The predicted octanol–water partition coefficient (Wildman–Crippen LogP) is 0.618. The summed E-state index contributed by atoms with van der Waals surface area (Å²) < 4.78 is 1.97. The highest BCUT2D eigenvalue weighted by Gasteiger charge is 2.10. The van der Waals surface area contributed by atoms with Gasteiger partial charge in [0.1, 0.15) is 12.1 Å². The summed E-state index contributed by atoms with van der Waals surface area (Å²) in [7, 11) is 1.77. The number of anilines is 2. The Kier molecular flexibility index (Phi) is 3.15. The molecular formula is C11H15N9. The quantitative estimate of drug-likeness (QED) is 0.625. The van der Waals surface area contributed by atoms with Crippen molar-refractivity contribution in [3.05, 3.63) is 18.3 Å². The fraction of sp³-hybridized carbons (Fsp3) is 0.364. The molecule has 3 aromatic heterocycles. The summed E-state index contributed by atoms with van der Waals surface area (Å²) in [5.74, 6) is 2.09. The molecule has 0 radical (unpaired) electrons. The Balaban J connectivity index is 1.88. The number of nitrogens with zero attached hydrogens (tertiary/aromatic N) is 6. The fourth-order valence-corrected chi connectivity index (χ4v) is 1.92. The maximum atomic E-state index is 4.40. The second kappa shape index (κ2) is 5.11. The third kappa shape index (κ3) is 2.13. The van der Waals surface area contributed by atoms with Gasteiger partial charge < -0.3 is 15.2 Å². The highest BCUT2D eigenvalue weighted by Crippen LogP contribution is 2.20. The van der Waals surface area contributed by atoms with Gasteiger partial charge in [0, 0.05) is 13.6 Å². The van der Waals surface area contributed by atoms with Gasteiger partial charge in [-0.05, 0) is 6.92 Å². The van der Waals surface area contributed by atoms with Gasteiger partial charge in [-0.25, -0.2) is 0 Å². The molecule has 9 heteroatoms. The van der Waals surface area contributed by atoms with Crippen molar-refractivity contribution in [2.75, 3.05) is 17.7 Å².